The zero-order valence-corrected chi connectivity index (χ0v) is 11.2. The van der Waals surface area contributed by atoms with E-state index in [1.54, 1.807) is 0 Å². The van der Waals surface area contributed by atoms with E-state index in [1.807, 2.05) is 12.1 Å². The molecule has 0 amide bonds. The van der Waals surface area contributed by atoms with Gasteiger partial charge in [0, 0.05) is 17.1 Å². The number of rotatable bonds is 4. The van der Waals surface area contributed by atoms with Gasteiger partial charge in [-0.3, -0.25) is 0 Å². The van der Waals surface area contributed by atoms with Gasteiger partial charge in [-0.15, -0.1) is 0 Å². The minimum Gasteiger partial charge on any atom is -0.397 e. The van der Waals surface area contributed by atoms with Crippen LogP contribution in [0, 0.1) is 0 Å². The van der Waals surface area contributed by atoms with Crippen LogP contribution in [0.15, 0.2) is 22.7 Å². The van der Waals surface area contributed by atoms with E-state index in [0.717, 1.165) is 28.8 Å². The number of nitrogens with two attached hydrogens (primary N) is 1. The average molecular weight is 271 g/mol. The lowest BCUT2D eigenvalue weighted by Crippen LogP contribution is -2.32. The zero-order chi connectivity index (χ0) is 11.4. The van der Waals surface area contributed by atoms with Gasteiger partial charge in [-0.1, -0.05) is 22.9 Å². The molecule has 2 nitrogen and oxygen atoms in total. The predicted molar refractivity (Wildman–Crippen MR) is 71.3 cm³/mol. The summed E-state index contributed by atoms with van der Waals surface area (Å²) in [6, 6.07) is 6.56. The summed E-state index contributed by atoms with van der Waals surface area (Å²) >= 11 is 3.42. The number of nitrogens with zero attached hydrogens (tertiary/aromatic N) is 1. The van der Waals surface area contributed by atoms with Crippen molar-refractivity contribution in [3.8, 4) is 0 Å². The lowest BCUT2D eigenvalue weighted by molar-refractivity contribution is 0.672. The number of nitrogen functional groups attached to an aromatic ring is 1. The summed E-state index contributed by atoms with van der Waals surface area (Å²) < 4.78 is 1.03. The molecule has 1 aromatic carbocycles. The van der Waals surface area contributed by atoms with Crippen molar-refractivity contribution in [2.24, 2.45) is 0 Å². The molecule has 2 N–H and O–H groups in total. The second-order valence-corrected chi connectivity index (χ2v) is 4.91. The van der Waals surface area contributed by atoms with E-state index in [4.69, 9.17) is 5.73 Å². The Hall–Kier alpha value is -0.700. The molecule has 0 atom stereocenters. The van der Waals surface area contributed by atoms with Crippen molar-refractivity contribution in [2.75, 3.05) is 17.2 Å². The van der Waals surface area contributed by atoms with Crippen LogP contribution in [0.5, 0.6) is 0 Å². The normalized spacial score (nSPS) is 10.7. The van der Waals surface area contributed by atoms with Crippen LogP contribution >= 0.6 is 15.9 Å². The largest absolute Gasteiger partial charge is 0.397 e. The molecule has 0 aliphatic rings. The van der Waals surface area contributed by atoms with Crippen LogP contribution in [0.1, 0.15) is 27.2 Å². The third kappa shape index (κ3) is 3.13. The van der Waals surface area contributed by atoms with Crippen molar-refractivity contribution in [1.82, 2.24) is 0 Å². The summed E-state index contributed by atoms with van der Waals surface area (Å²) in [5.74, 6) is 0. The lowest BCUT2D eigenvalue weighted by Gasteiger charge is -2.29. The molecule has 0 unspecified atom stereocenters. The Morgan fingerprint density at radius 2 is 2.07 bits per heavy atom. The summed E-state index contributed by atoms with van der Waals surface area (Å²) in [5, 5.41) is 0. The molecule has 0 aromatic heterocycles. The topological polar surface area (TPSA) is 29.3 Å². The van der Waals surface area contributed by atoms with Crippen molar-refractivity contribution in [1.29, 1.82) is 0 Å². The maximum absolute atomic E-state index is 6.02. The molecule has 0 aliphatic heterocycles. The fraction of sp³-hybridized carbons (Fsp3) is 0.500. The van der Waals surface area contributed by atoms with E-state index in [2.05, 4.69) is 47.7 Å². The van der Waals surface area contributed by atoms with Gasteiger partial charge in [0.15, 0.2) is 0 Å². The molecule has 3 heteroatoms. The molecule has 0 radical (unpaired) electrons. The number of anilines is 2. The van der Waals surface area contributed by atoms with Gasteiger partial charge in [-0.2, -0.15) is 0 Å². The fourth-order valence-corrected chi connectivity index (χ4v) is 2.06. The Kier molecular flexibility index (Phi) is 4.45. The summed E-state index contributed by atoms with van der Waals surface area (Å²) in [5.41, 5.74) is 7.99. The van der Waals surface area contributed by atoms with E-state index in [-0.39, 0.29) is 0 Å². The van der Waals surface area contributed by atoms with Gasteiger partial charge in [0.2, 0.25) is 0 Å². The highest BCUT2D eigenvalue weighted by Crippen LogP contribution is 2.28. The first-order chi connectivity index (χ1) is 7.06. The summed E-state index contributed by atoms with van der Waals surface area (Å²) in [4.78, 5) is 2.34. The van der Waals surface area contributed by atoms with E-state index < -0.39 is 0 Å². The van der Waals surface area contributed by atoms with Gasteiger partial charge >= 0.3 is 0 Å². The van der Waals surface area contributed by atoms with E-state index in [9.17, 15) is 0 Å². The van der Waals surface area contributed by atoms with Crippen molar-refractivity contribution in [3.05, 3.63) is 22.7 Å². The van der Waals surface area contributed by atoms with Crippen LogP contribution in [-0.4, -0.2) is 12.6 Å². The third-order valence-corrected chi connectivity index (χ3v) is 2.88. The van der Waals surface area contributed by atoms with Gasteiger partial charge in [0.1, 0.15) is 0 Å². The van der Waals surface area contributed by atoms with Crippen molar-refractivity contribution < 1.29 is 0 Å². The van der Waals surface area contributed by atoms with Gasteiger partial charge in [0.05, 0.1) is 11.4 Å². The SMILES string of the molecule is CCCN(c1ccc(Br)cc1N)C(C)C. The monoisotopic (exact) mass is 270 g/mol. The van der Waals surface area contributed by atoms with Crippen LogP contribution in [0.2, 0.25) is 0 Å². The summed E-state index contributed by atoms with van der Waals surface area (Å²) in [7, 11) is 0. The molecule has 84 valence electrons. The second-order valence-electron chi connectivity index (χ2n) is 3.99. The highest BCUT2D eigenvalue weighted by atomic mass is 79.9. The molecular formula is C12H19BrN2. The molecule has 1 rings (SSSR count). The van der Waals surface area contributed by atoms with E-state index >= 15 is 0 Å². The molecule has 15 heavy (non-hydrogen) atoms. The standard InChI is InChI=1S/C12H19BrN2/c1-4-7-15(9(2)3)12-6-5-10(13)8-11(12)14/h5-6,8-9H,4,7,14H2,1-3H3. The van der Waals surface area contributed by atoms with Crippen LogP contribution < -0.4 is 10.6 Å². The molecule has 0 fully saturated rings. The number of halogens is 1. The highest BCUT2D eigenvalue weighted by Gasteiger charge is 2.12. The van der Waals surface area contributed by atoms with Crippen molar-refractivity contribution in [3.63, 3.8) is 0 Å². The molecule has 0 saturated carbocycles. The summed E-state index contributed by atoms with van der Waals surface area (Å²) in [6.07, 6.45) is 1.13. The maximum atomic E-state index is 6.02. The first-order valence-corrected chi connectivity index (χ1v) is 6.17. The molecule has 0 spiro atoms. The first-order valence-electron chi connectivity index (χ1n) is 5.38. The van der Waals surface area contributed by atoms with E-state index in [1.165, 1.54) is 0 Å². The van der Waals surface area contributed by atoms with Crippen LogP contribution in [0.3, 0.4) is 0 Å². The molecular weight excluding hydrogens is 252 g/mol. The molecule has 0 aliphatic carbocycles. The number of benzene rings is 1. The van der Waals surface area contributed by atoms with Gasteiger partial charge in [0.25, 0.3) is 0 Å². The zero-order valence-electron chi connectivity index (χ0n) is 9.63. The Morgan fingerprint density at radius 3 is 2.53 bits per heavy atom. The third-order valence-electron chi connectivity index (χ3n) is 2.39. The number of hydrogen-bond acceptors (Lipinski definition) is 2. The molecule has 1 aromatic rings. The quantitative estimate of drug-likeness (QED) is 0.847. The minimum atomic E-state index is 0.480. The Bertz CT molecular complexity index is 323. The van der Waals surface area contributed by atoms with Crippen LogP contribution in [0.4, 0.5) is 11.4 Å². The minimum absolute atomic E-state index is 0.480. The molecule has 0 heterocycles. The second kappa shape index (κ2) is 5.40. The average Bonchev–Trinajstić information content (AvgIpc) is 2.15. The predicted octanol–water partition coefficient (Wildman–Crippen LogP) is 3.66. The van der Waals surface area contributed by atoms with Crippen LogP contribution in [-0.2, 0) is 0 Å². The van der Waals surface area contributed by atoms with Crippen LogP contribution in [0.25, 0.3) is 0 Å². The summed E-state index contributed by atoms with van der Waals surface area (Å²) in [6.45, 7) is 7.61. The van der Waals surface area contributed by atoms with Gasteiger partial charge in [-0.25, -0.2) is 0 Å². The first kappa shape index (κ1) is 12.4. The van der Waals surface area contributed by atoms with Crippen molar-refractivity contribution >= 4 is 27.3 Å². The highest BCUT2D eigenvalue weighted by molar-refractivity contribution is 9.10. The lowest BCUT2D eigenvalue weighted by atomic mass is 10.2. The Morgan fingerprint density at radius 1 is 1.40 bits per heavy atom. The number of hydrogen-bond donors (Lipinski definition) is 1. The van der Waals surface area contributed by atoms with E-state index in [0.29, 0.717) is 6.04 Å². The molecule has 0 bridgehead atoms. The Labute approximate surface area is 101 Å². The van der Waals surface area contributed by atoms with Gasteiger partial charge in [-0.05, 0) is 38.5 Å². The molecule has 0 saturated heterocycles. The van der Waals surface area contributed by atoms with Crippen molar-refractivity contribution in [2.45, 2.75) is 33.2 Å². The Balaban J connectivity index is 3.00. The smallest absolute Gasteiger partial charge is 0.0603 e. The van der Waals surface area contributed by atoms with Gasteiger partial charge < -0.3 is 10.6 Å². The maximum Gasteiger partial charge on any atom is 0.0603 e. The fourth-order valence-electron chi connectivity index (χ4n) is 1.68.